The predicted octanol–water partition coefficient (Wildman–Crippen LogP) is 5.74. The van der Waals surface area contributed by atoms with Crippen LogP contribution >= 0.6 is 11.3 Å². The fourth-order valence-corrected chi connectivity index (χ4v) is 7.61. The predicted molar refractivity (Wildman–Crippen MR) is 150 cm³/mol. The molecule has 2 aliphatic heterocycles. The van der Waals surface area contributed by atoms with E-state index in [0.717, 1.165) is 34.5 Å². The molecule has 3 aromatic rings. The molecule has 8 heteroatoms. The Hall–Kier alpha value is -3.49. The number of rotatable bonds is 4. The van der Waals surface area contributed by atoms with Gasteiger partial charge < -0.3 is 4.74 Å². The van der Waals surface area contributed by atoms with Gasteiger partial charge >= 0.3 is 5.97 Å². The molecule has 3 heterocycles. The minimum atomic E-state index is -0.991. The summed E-state index contributed by atoms with van der Waals surface area (Å²) in [7, 11) is 1.34. The second-order valence-corrected chi connectivity index (χ2v) is 12.6. The van der Waals surface area contributed by atoms with Crippen molar-refractivity contribution in [3.63, 3.8) is 0 Å². The van der Waals surface area contributed by atoms with Crippen LogP contribution in [0.2, 0.25) is 0 Å². The van der Waals surface area contributed by atoms with Crippen molar-refractivity contribution in [3.8, 4) is 0 Å². The average Bonchev–Trinajstić information content (AvgIpc) is 3.58. The Kier molecular flexibility index (Phi) is 6.35. The highest BCUT2D eigenvalue weighted by Gasteiger charge is 2.61. The van der Waals surface area contributed by atoms with Gasteiger partial charge in [0.2, 0.25) is 5.91 Å². The van der Waals surface area contributed by atoms with Crippen LogP contribution in [0.15, 0.2) is 60.7 Å². The molecule has 0 N–H and O–H groups in total. The quantitative estimate of drug-likeness (QED) is 0.308. The molecule has 0 bridgehead atoms. The lowest BCUT2D eigenvalue weighted by molar-refractivity contribution is -0.126. The monoisotopic (exact) mass is 544 g/mol. The third-order valence-corrected chi connectivity index (χ3v) is 9.57. The summed E-state index contributed by atoms with van der Waals surface area (Å²) in [6, 6.07) is 18.7. The number of ether oxygens (including phenoxy) is 1. The van der Waals surface area contributed by atoms with Crippen molar-refractivity contribution in [2.24, 2.45) is 17.3 Å². The third-order valence-electron chi connectivity index (χ3n) is 8.33. The molecule has 1 aromatic heterocycles. The van der Waals surface area contributed by atoms with E-state index in [9.17, 15) is 14.4 Å². The number of hydroxylamine groups is 1. The number of amides is 2. The number of fused-ring (bicyclic) bond motifs is 2. The summed E-state index contributed by atoms with van der Waals surface area (Å²) in [5.74, 6) is -1.63. The number of esters is 1. The summed E-state index contributed by atoms with van der Waals surface area (Å²) < 4.78 is 5.16. The summed E-state index contributed by atoms with van der Waals surface area (Å²) >= 11 is 1.38. The van der Waals surface area contributed by atoms with Crippen LogP contribution < -0.4 is 9.96 Å². The highest BCUT2D eigenvalue weighted by molar-refractivity contribution is 7.17. The summed E-state index contributed by atoms with van der Waals surface area (Å²) in [4.78, 5) is 49.8. The van der Waals surface area contributed by atoms with E-state index in [2.05, 4.69) is 20.8 Å². The van der Waals surface area contributed by atoms with Gasteiger partial charge in [0, 0.05) is 4.88 Å². The lowest BCUT2D eigenvalue weighted by atomic mass is 9.72. The standard InChI is InChI=1S/C31H32N2O5S/c1-31(2,3)19-15-16-21-22(17-19)39-29(23(21)30(36)37-4)32-27(34)24-25(18-11-7-5-8-12-18)33(38-26(24)28(32)35)20-13-9-6-10-14-20/h5-14,19,24-26H,15-17H2,1-4H3/t19-,24+,25-,26-/m0/s1. The van der Waals surface area contributed by atoms with E-state index in [-0.39, 0.29) is 11.3 Å². The SMILES string of the molecule is COC(=O)c1c(N2C(=O)[C@H]3[C@H](ON(c4ccccc4)[C@H]3c3ccccc3)C2=O)sc2c1CC[C@H](C(C)(C)C)C2. The van der Waals surface area contributed by atoms with Gasteiger partial charge in [-0.05, 0) is 53.9 Å². The summed E-state index contributed by atoms with van der Waals surface area (Å²) in [5.41, 5.74) is 3.02. The van der Waals surface area contributed by atoms with Crippen molar-refractivity contribution in [1.82, 2.24) is 0 Å². The second kappa shape index (κ2) is 9.61. The van der Waals surface area contributed by atoms with Gasteiger partial charge in [-0.3, -0.25) is 14.4 Å². The van der Waals surface area contributed by atoms with Crippen molar-refractivity contribution in [2.45, 2.75) is 52.2 Å². The van der Waals surface area contributed by atoms with Crippen molar-refractivity contribution in [3.05, 3.63) is 82.2 Å². The van der Waals surface area contributed by atoms with Gasteiger partial charge in [0.05, 0.1) is 24.4 Å². The number of hydrogen-bond acceptors (Lipinski definition) is 7. The molecular formula is C31H32N2O5S. The molecule has 0 saturated carbocycles. The zero-order valence-electron chi connectivity index (χ0n) is 22.5. The molecule has 2 amide bonds. The number of hydrogen-bond donors (Lipinski definition) is 0. The van der Waals surface area contributed by atoms with Crippen molar-refractivity contribution in [2.75, 3.05) is 17.1 Å². The van der Waals surface area contributed by atoms with Crippen LogP contribution in [0.1, 0.15) is 59.6 Å². The highest BCUT2D eigenvalue weighted by Crippen LogP contribution is 2.51. The van der Waals surface area contributed by atoms with Crippen molar-refractivity contribution >= 4 is 39.8 Å². The number of nitrogens with zero attached hydrogens (tertiary/aromatic N) is 2. The van der Waals surface area contributed by atoms with E-state index in [1.165, 1.54) is 23.3 Å². The van der Waals surface area contributed by atoms with E-state index in [1.54, 1.807) is 5.06 Å². The molecule has 2 aromatic carbocycles. The van der Waals surface area contributed by atoms with Crippen LogP contribution in [0.25, 0.3) is 0 Å². The topological polar surface area (TPSA) is 76.2 Å². The zero-order valence-corrected chi connectivity index (χ0v) is 23.4. The fraction of sp³-hybridized carbons (Fsp3) is 0.387. The number of methoxy groups -OCH3 is 1. The maximum absolute atomic E-state index is 14.2. The highest BCUT2D eigenvalue weighted by atomic mass is 32.1. The molecule has 0 radical (unpaired) electrons. The Balaban J connectivity index is 1.42. The largest absolute Gasteiger partial charge is 0.465 e. The van der Waals surface area contributed by atoms with Gasteiger partial charge in [0.1, 0.15) is 10.9 Å². The smallest absolute Gasteiger partial charge is 0.341 e. The number of imide groups is 1. The molecule has 0 unspecified atom stereocenters. The van der Waals surface area contributed by atoms with Gasteiger partial charge in [-0.25, -0.2) is 14.8 Å². The zero-order chi connectivity index (χ0) is 27.5. The number of carbonyl (C=O) groups excluding carboxylic acids is 3. The van der Waals surface area contributed by atoms with Gasteiger partial charge in [0.15, 0.2) is 6.10 Å². The number of thiophene rings is 1. The molecule has 1 aliphatic carbocycles. The molecule has 2 saturated heterocycles. The van der Waals surface area contributed by atoms with Crippen LogP contribution in [0.4, 0.5) is 10.7 Å². The Morgan fingerprint density at radius 2 is 1.67 bits per heavy atom. The first kappa shape index (κ1) is 25.8. The van der Waals surface area contributed by atoms with Gasteiger partial charge in [-0.1, -0.05) is 69.3 Å². The Morgan fingerprint density at radius 3 is 2.31 bits per heavy atom. The molecule has 6 rings (SSSR count). The molecule has 39 heavy (non-hydrogen) atoms. The average molecular weight is 545 g/mol. The molecule has 3 aliphatic rings. The van der Waals surface area contributed by atoms with E-state index in [1.807, 2.05) is 60.7 Å². The van der Waals surface area contributed by atoms with Crippen LogP contribution in [-0.4, -0.2) is 31.0 Å². The summed E-state index contributed by atoms with van der Waals surface area (Å²) in [5, 5.41) is 2.05. The number of para-hydroxylation sites is 1. The maximum atomic E-state index is 14.2. The van der Waals surface area contributed by atoms with Gasteiger partial charge in [-0.15, -0.1) is 11.3 Å². The van der Waals surface area contributed by atoms with Crippen molar-refractivity contribution < 1.29 is 24.0 Å². The minimum absolute atomic E-state index is 0.112. The number of anilines is 2. The third kappa shape index (κ3) is 4.17. The van der Waals surface area contributed by atoms with Crippen molar-refractivity contribution in [1.29, 1.82) is 0 Å². The fourth-order valence-electron chi connectivity index (χ4n) is 6.18. The molecule has 0 spiro atoms. The number of carbonyl (C=O) groups is 3. The maximum Gasteiger partial charge on any atom is 0.341 e. The minimum Gasteiger partial charge on any atom is -0.465 e. The van der Waals surface area contributed by atoms with E-state index in [0.29, 0.717) is 22.9 Å². The van der Waals surface area contributed by atoms with Crippen LogP contribution in [0, 0.1) is 17.3 Å². The Bertz CT molecular complexity index is 1430. The first-order valence-corrected chi connectivity index (χ1v) is 14.2. The molecule has 7 nitrogen and oxygen atoms in total. The van der Waals surface area contributed by atoms with E-state index >= 15 is 0 Å². The first-order chi connectivity index (χ1) is 18.7. The molecular weight excluding hydrogens is 512 g/mol. The van der Waals surface area contributed by atoms with Crippen LogP contribution in [0.5, 0.6) is 0 Å². The first-order valence-electron chi connectivity index (χ1n) is 13.4. The number of benzene rings is 2. The Morgan fingerprint density at radius 1 is 1.00 bits per heavy atom. The lowest BCUT2D eigenvalue weighted by Crippen LogP contribution is -2.37. The summed E-state index contributed by atoms with van der Waals surface area (Å²) in [6.07, 6.45) is 1.47. The molecule has 4 atom stereocenters. The molecule has 202 valence electrons. The summed E-state index contributed by atoms with van der Waals surface area (Å²) in [6.45, 7) is 6.69. The van der Waals surface area contributed by atoms with E-state index < -0.39 is 29.9 Å². The molecule has 2 fully saturated rings. The van der Waals surface area contributed by atoms with Gasteiger partial charge in [0.25, 0.3) is 5.91 Å². The van der Waals surface area contributed by atoms with E-state index in [4.69, 9.17) is 9.57 Å². The Labute approximate surface area is 232 Å². The van der Waals surface area contributed by atoms with Gasteiger partial charge in [-0.2, -0.15) is 0 Å². The lowest BCUT2D eigenvalue weighted by Gasteiger charge is -2.33. The van der Waals surface area contributed by atoms with Crippen LogP contribution in [-0.2, 0) is 32.0 Å². The normalized spacial score (nSPS) is 24.6. The van der Waals surface area contributed by atoms with Crippen LogP contribution in [0.3, 0.4) is 0 Å². The second-order valence-electron chi connectivity index (χ2n) is 11.6.